The van der Waals surface area contributed by atoms with E-state index in [4.69, 9.17) is 9.47 Å². The molecule has 1 fully saturated rings. The number of esters is 1. The van der Waals surface area contributed by atoms with Gasteiger partial charge in [-0.3, -0.25) is 14.4 Å². The molecule has 1 aromatic rings. The number of carbonyl (C=O) groups excluding carboxylic acids is 3. The summed E-state index contributed by atoms with van der Waals surface area (Å²) in [5.74, 6) is -0.329. The van der Waals surface area contributed by atoms with Crippen molar-refractivity contribution in [3.63, 3.8) is 0 Å². The molecular formula is C19H26N2O5S. The van der Waals surface area contributed by atoms with Crippen LogP contribution in [0, 0.1) is 0 Å². The van der Waals surface area contributed by atoms with Gasteiger partial charge in [-0.2, -0.15) is 0 Å². The highest BCUT2D eigenvalue weighted by molar-refractivity contribution is 7.99. The Morgan fingerprint density at radius 1 is 1.04 bits per heavy atom. The van der Waals surface area contributed by atoms with E-state index >= 15 is 0 Å². The van der Waals surface area contributed by atoms with E-state index in [-0.39, 0.29) is 11.8 Å². The van der Waals surface area contributed by atoms with E-state index < -0.39 is 35.7 Å². The average molecular weight is 394 g/mol. The van der Waals surface area contributed by atoms with Crippen molar-refractivity contribution in [2.75, 3.05) is 0 Å². The topological polar surface area (TPSA) is 93.7 Å². The number of hydrogen-bond donors (Lipinski definition) is 2. The lowest BCUT2D eigenvalue weighted by Crippen LogP contribution is -2.67. The van der Waals surface area contributed by atoms with Crippen molar-refractivity contribution < 1.29 is 23.9 Å². The number of thioether (sulfide) groups is 1. The Balaban J connectivity index is 2.24. The van der Waals surface area contributed by atoms with Crippen molar-refractivity contribution in [3.05, 3.63) is 35.9 Å². The van der Waals surface area contributed by atoms with Crippen molar-refractivity contribution >= 4 is 29.5 Å². The zero-order valence-electron chi connectivity index (χ0n) is 15.9. The van der Waals surface area contributed by atoms with Crippen LogP contribution in [0.1, 0.15) is 33.3 Å². The Hall–Kier alpha value is -2.06. The van der Waals surface area contributed by atoms with Crippen molar-refractivity contribution in [2.45, 2.75) is 63.2 Å². The smallest absolute Gasteiger partial charge is 0.303 e. The number of ether oxygens (including phenoxy) is 2. The maximum atomic E-state index is 11.8. The van der Waals surface area contributed by atoms with Gasteiger partial charge in [0.1, 0.15) is 17.6 Å². The van der Waals surface area contributed by atoms with Gasteiger partial charge in [0.25, 0.3) is 0 Å². The van der Waals surface area contributed by atoms with E-state index in [1.807, 2.05) is 37.3 Å². The first kappa shape index (κ1) is 21.2. The lowest BCUT2D eigenvalue weighted by Gasteiger charge is -2.45. The van der Waals surface area contributed by atoms with Crippen LogP contribution in [0.25, 0.3) is 0 Å². The van der Waals surface area contributed by atoms with Gasteiger partial charge in [0.15, 0.2) is 0 Å². The molecule has 1 aromatic carbocycles. The molecule has 2 rings (SSSR count). The lowest BCUT2D eigenvalue weighted by atomic mass is 9.95. The molecule has 1 saturated heterocycles. The molecule has 27 heavy (non-hydrogen) atoms. The molecular weight excluding hydrogens is 368 g/mol. The van der Waals surface area contributed by atoms with Crippen LogP contribution >= 0.6 is 11.8 Å². The molecule has 0 bridgehead atoms. The van der Waals surface area contributed by atoms with Gasteiger partial charge in [0.2, 0.25) is 11.8 Å². The standard InChI is InChI=1S/C19H26N2O5S/c1-11-16(20-12(2)22)18(26-14(4)24)17(21-13(3)23)19(25-11)27-10-15-8-6-5-7-9-15/h5-9,11,16-19H,10H2,1-4H3,(H,20,22)(H,21,23)/t11-,16+,17-,18+,19-/m1/s1. The van der Waals surface area contributed by atoms with Crippen molar-refractivity contribution in [1.82, 2.24) is 10.6 Å². The average Bonchev–Trinajstić information content (AvgIpc) is 2.59. The molecule has 0 radical (unpaired) electrons. The molecule has 1 aliphatic rings. The maximum Gasteiger partial charge on any atom is 0.303 e. The van der Waals surface area contributed by atoms with Crippen molar-refractivity contribution in [3.8, 4) is 0 Å². The fourth-order valence-corrected chi connectivity index (χ4v) is 4.31. The zero-order chi connectivity index (χ0) is 20.0. The normalized spacial score (nSPS) is 27.5. The van der Waals surface area contributed by atoms with Crippen molar-refractivity contribution in [2.24, 2.45) is 0 Å². The molecule has 0 aliphatic carbocycles. The summed E-state index contributed by atoms with van der Waals surface area (Å²) in [4.78, 5) is 35.1. The Labute approximate surface area is 163 Å². The molecule has 2 amide bonds. The zero-order valence-corrected chi connectivity index (χ0v) is 16.7. The maximum absolute atomic E-state index is 11.8. The van der Waals surface area contributed by atoms with Crippen LogP contribution in [-0.2, 0) is 29.6 Å². The fourth-order valence-electron chi connectivity index (χ4n) is 3.08. The predicted molar refractivity (Wildman–Crippen MR) is 103 cm³/mol. The molecule has 0 aromatic heterocycles. The van der Waals surface area contributed by atoms with Gasteiger partial charge in [0, 0.05) is 26.5 Å². The molecule has 148 valence electrons. The molecule has 0 spiro atoms. The molecule has 5 atom stereocenters. The minimum absolute atomic E-state index is 0.260. The molecule has 1 aliphatic heterocycles. The van der Waals surface area contributed by atoms with Gasteiger partial charge in [-0.25, -0.2) is 0 Å². The van der Waals surface area contributed by atoms with E-state index in [1.165, 1.54) is 32.5 Å². The summed E-state index contributed by atoms with van der Waals surface area (Å²) in [5.41, 5.74) is 0.687. The second-order valence-corrected chi connectivity index (χ2v) is 7.62. The summed E-state index contributed by atoms with van der Waals surface area (Å²) in [6.07, 6.45) is -1.12. The highest BCUT2D eigenvalue weighted by Gasteiger charge is 2.47. The number of amides is 2. The molecule has 7 nitrogen and oxygen atoms in total. The Bertz CT molecular complexity index is 669. The van der Waals surface area contributed by atoms with Gasteiger partial charge in [0.05, 0.1) is 12.1 Å². The summed E-state index contributed by atoms with van der Waals surface area (Å²) >= 11 is 1.52. The summed E-state index contributed by atoms with van der Waals surface area (Å²) in [6.45, 7) is 5.91. The molecule has 0 saturated carbocycles. The third kappa shape index (κ3) is 6.25. The fraction of sp³-hybridized carbons (Fsp3) is 0.526. The van der Waals surface area contributed by atoms with Crippen LogP contribution in [0.5, 0.6) is 0 Å². The summed E-state index contributed by atoms with van der Waals surface area (Å²) in [7, 11) is 0. The van der Waals surface area contributed by atoms with E-state index in [0.29, 0.717) is 5.75 Å². The van der Waals surface area contributed by atoms with E-state index in [0.717, 1.165) is 5.56 Å². The molecule has 8 heteroatoms. The Kier molecular flexibility index (Phi) is 7.67. The SMILES string of the molecule is CC(=O)N[C@@H]1[C@@H](OC(C)=O)[C@@H](NC(C)=O)[C@@H](C)O[C@@H]1SCc1ccccc1. The van der Waals surface area contributed by atoms with Crippen LogP contribution in [0.3, 0.4) is 0 Å². The van der Waals surface area contributed by atoms with E-state index in [9.17, 15) is 14.4 Å². The quantitative estimate of drug-likeness (QED) is 0.712. The highest BCUT2D eigenvalue weighted by atomic mass is 32.2. The first-order valence-corrected chi connectivity index (χ1v) is 9.85. The van der Waals surface area contributed by atoms with Crippen LogP contribution in [0.2, 0.25) is 0 Å². The molecule has 1 heterocycles. The second kappa shape index (κ2) is 9.75. The highest BCUT2D eigenvalue weighted by Crippen LogP contribution is 2.32. The summed E-state index contributed by atoms with van der Waals surface area (Å²) in [5, 5.41) is 5.62. The largest absolute Gasteiger partial charge is 0.458 e. The van der Waals surface area contributed by atoms with Gasteiger partial charge >= 0.3 is 5.97 Å². The number of hydrogen-bond acceptors (Lipinski definition) is 6. The van der Waals surface area contributed by atoms with E-state index in [1.54, 1.807) is 0 Å². The first-order chi connectivity index (χ1) is 12.8. The van der Waals surface area contributed by atoms with Gasteiger partial charge in [-0.1, -0.05) is 30.3 Å². The number of carbonyl (C=O) groups is 3. The molecule has 2 N–H and O–H groups in total. The summed E-state index contributed by atoms with van der Waals surface area (Å²) < 4.78 is 11.6. The Morgan fingerprint density at radius 3 is 2.19 bits per heavy atom. The van der Waals surface area contributed by atoms with Gasteiger partial charge < -0.3 is 20.1 Å². The van der Waals surface area contributed by atoms with E-state index in [2.05, 4.69) is 10.6 Å². The predicted octanol–water partition coefficient (Wildman–Crippen LogP) is 1.61. The number of benzene rings is 1. The van der Waals surface area contributed by atoms with Crippen LogP contribution < -0.4 is 10.6 Å². The Morgan fingerprint density at radius 2 is 1.63 bits per heavy atom. The third-order valence-corrected chi connectivity index (χ3v) is 5.39. The van der Waals surface area contributed by atoms with Gasteiger partial charge in [-0.15, -0.1) is 11.8 Å². The lowest BCUT2D eigenvalue weighted by molar-refractivity contribution is -0.166. The van der Waals surface area contributed by atoms with Gasteiger partial charge in [-0.05, 0) is 12.5 Å². The van der Waals surface area contributed by atoms with Crippen molar-refractivity contribution in [1.29, 1.82) is 0 Å². The van der Waals surface area contributed by atoms with Crippen LogP contribution in [0.15, 0.2) is 30.3 Å². The minimum atomic E-state index is -0.729. The monoisotopic (exact) mass is 394 g/mol. The van der Waals surface area contributed by atoms with Crippen LogP contribution in [0.4, 0.5) is 0 Å². The van der Waals surface area contributed by atoms with Crippen LogP contribution in [-0.4, -0.2) is 47.5 Å². The minimum Gasteiger partial charge on any atom is -0.458 e. The molecule has 0 unspecified atom stereocenters. The number of rotatable bonds is 6. The third-order valence-electron chi connectivity index (χ3n) is 4.15. The number of nitrogens with one attached hydrogen (secondary N) is 2. The second-order valence-electron chi connectivity index (χ2n) is 6.53. The first-order valence-electron chi connectivity index (χ1n) is 8.80. The summed E-state index contributed by atoms with van der Waals surface area (Å²) in [6, 6.07) is 8.74.